The number of benzene rings is 2. The molecule has 5 rings (SSSR count). The third-order valence-corrected chi connectivity index (χ3v) is 6.34. The number of hydrogen-bond donors (Lipinski definition) is 5. The molecule has 2 aromatic carbocycles. The van der Waals surface area contributed by atoms with E-state index in [1.165, 1.54) is 50.4 Å². The third-order valence-electron chi connectivity index (χ3n) is 6.34. The van der Waals surface area contributed by atoms with Crippen molar-refractivity contribution in [3.8, 4) is 28.6 Å². The molecule has 0 saturated carbocycles. The summed E-state index contributed by atoms with van der Waals surface area (Å²) in [5, 5.41) is 51.3. The van der Waals surface area contributed by atoms with Crippen LogP contribution in [0.4, 0.5) is 0 Å². The zero-order valence-corrected chi connectivity index (χ0v) is 20.2. The van der Waals surface area contributed by atoms with E-state index in [0.717, 1.165) is 0 Å². The first-order chi connectivity index (χ1) is 18.1. The number of aliphatic hydroxyl groups is 4. The van der Waals surface area contributed by atoms with Crippen molar-refractivity contribution >= 4 is 27.7 Å². The lowest BCUT2D eigenvalue weighted by Crippen LogP contribution is -2.60. The zero-order valence-electron chi connectivity index (χ0n) is 20.2. The largest absolute Gasteiger partial charge is 0.504 e. The average Bonchev–Trinajstić information content (AvgIpc) is 2.89. The first-order valence-electron chi connectivity index (χ1n) is 11.5. The summed E-state index contributed by atoms with van der Waals surface area (Å²) >= 11 is 0. The number of carbonyl (C=O) groups excluding carboxylic acids is 1. The van der Waals surface area contributed by atoms with Crippen molar-refractivity contribution in [1.82, 2.24) is 0 Å². The summed E-state index contributed by atoms with van der Waals surface area (Å²) in [5.41, 5.74) is -0.0275. The summed E-state index contributed by atoms with van der Waals surface area (Å²) in [4.78, 5) is 24.7. The standard InChI is InChI=1S/C26H24O12/c1-10(28)15-8-13-20-17(35-15)6-12(29)7-18(20)36-24(11-3-4-14(30)16(5-11)34-2)25(13)38-26-23(33)22(32)21(31)19(9-27)37-26/h3-8,19,21-23,26-27,30-33H,9H2,1-2H3/t19-,21-,22+,23-,26+/m1/s1. The number of phenolic OH excluding ortho intramolecular Hbond substituents is 1. The number of methoxy groups -OCH3 is 1. The molecule has 0 amide bonds. The summed E-state index contributed by atoms with van der Waals surface area (Å²) in [5.74, 6) is -0.731. The Labute approximate surface area is 213 Å². The monoisotopic (exact) mass is 528 g/mol. The van der Waals surface area contributed by atoms with E-state index in [1.807, 2.05) is 0 Å². The minimum atomic E-state index is -1.75. The van der Waals surface area contributed by atoms with Crippen molar-refractivity contribution in [2.45, 2.75) is 37.6 Å². The number of ether oxygens (including phenoxy) is 3. The molecule has 2 aromatic heterocycles. The predicted molar refractivity (Wildman–Crippen MR) is 130 cm³/mol. The van der Waals surface area contributed by atoms with Crippen LogP contribution >= 0.6 is 0 Å². The van der Waals surface area contributed by atoms with E-state index < -0.39 is 48.5 Å². The quantitative estimate of drug-likeness (QED) is 0.226. The summed E-state index contributed by atoms with van der Waals surface area (Å²) in [6, 6.07) is 8.02. The van der Waals surface area contributed by atoms with Crippen LogP contribution < -0.4 is 14.9 Å². The molecule has 0 radical (unpaired) electrons. The fourth-order valence-corrected chi connectivity index (χ4v) is 4.38. The van der Waals surface area contributed by atoms with Crippen LogP contribution in [0.25, 0.3) is 33.3 Å². The van der Waals surface area contributed by atoms with Crippen LogP contribution in [0.2, 0.25) is 0 Å². The Morgan fingerprint density at radius 1 is 1.00 bits per heavy atom. The number of Topliss-reactive ketones (excluding diaryl/α,β-unsaturated/α-hetero) is 1. The van der Waals surface area contributed by atoms with E-state index in [-0.39, 0.29) is 50.7 Å². The highest BCUT2D eigenvalue weighted by Gasteiger charge is 2.45. The van der Waals surface area contributed by atoms with Gasteiger partial charge in [0.15, 0.2) is 40.0 Å². The maximum Gasteiger partial charge on any atom is 0.229 e. The fraction of sp³-hybridized carbons (Fsp3) is 0.308. The van der Waals surface area contributed by atoms with Gasteiger partial charge in [0, 0.05) is 30.0 Å². The van der Waals surface area contributed by atoms with Crippen LogP contribution in [0.1, 0.15) is 17.5 Å². The van der Waals surface area contributed by atoms with E-state index >= 15 is 0 Å². The number of carbonyl (C=O) groups is 1. The second kappa shape index (κ2) is 9.74. The van der Waals surface area contributed by atoms with Crippen molar-refractivity contribution in [3.05, 3.63) is 52.4 Å². The summed E-state index contributed by atoms with van der Waals surface area (Å²) in [6.45, 7) is 0.590. The van der Waals surface area contributed by atoms with Gasteiger partial charge in [-0.15, -0.1) is 0 Å². The Morgan fingerprint density at radius 2 is 1.71 bits per heavy atom. The van der Waals surface area contributed by atoms with Gasteiger partial charge in [0.2, 0.25) is 6.29 Å². The normalized spacial score (nSPS) is 23.6. The minimum Gasteiger partial charge on any atom is -0.504 e. The number of hydrogen-bond acceptors (Lipinski definition) is 12. The smallest absolute Gasteiger partial charge is 0.229 e. The molecule has 4 aromatic rings. The Balaban J connectivity index is 1.81. The van der Waals surface area contributed by atoms with Crippen LogP contribution in [0.15, 0.2) is 50.0 Å². The molecule has 0 unspecified atom stereocenters. The van der Waals surface area contributed by atoms with Gasteiger partial charge in [-0.2, -0.15) is 0 Å². The molecule has 1 saturated heterocycles. The highest BCUT2D eigenvalue weighted by Crippen LogP contribution is 2.44. The van der Waals surface area contributed by atoms with Crippen LogP contribution in [0.5, 0.6) is 17.2 Å². The second-order valence-corrected chi connectivity index (χ2v) is 8.84. The van der Waals surface area contributed by atoms with Gasteiger partial charge in [0.05, 0.1) is 19.1 Å². The number of aliphatic hydroxyl groups excluding tert-OH is 4. The number of aromatic hydroxyl groups is 1. The molecule has 3 heterocycles. The average molecular weight is 528 g/mol. The molecule has 38 heavy (non-hydrogen) atoms. The first-order valence-corrected chi connectivity index (χ1v) is 11.5. The van der Waals surface area contributed by atoms with Crippen molar-refractivity contribution in [1.29, 1.82) is 0 Å². The molecular weight excluding hydrogens is 504 g/mol. The Kier molecular flexibility index (Phi) is 6.59. The predicted octanol–water partition coefficient (Wildman–Crippen LogP) is 1.30. The zero-order chi connectivity index (χ0) is 27.3. The molecule has 0 bridgehead atoms. The molecule has 0 aliphatic carbocycles. The number of ketones is 1. The second-order valence-electron chi connectivity index (χ2n) is 8.84. The highest BCUT2D eigenvalue weighted by atomic mass is 16.7. The Bertz CT molecular complexity index is 1580. The van der Waals surface area contributed by atoms with Crippen molar-refractivity contribution in [3.63, 3.8) is 0 Å². The van der Waals surface area contributed by atoms with Crippen molar-refractivity contribution in [2.24, 2.45) is 0 Å². The van der Waals surface area contributed by atoms with E-state index in [4.69, 9.17) is 23.0 Å². The van der Waals surface area contributed by atoms with Crippen LogP contribution in [0, 0.1) is 0 Å². The Morgan fingerprint density at radius 3 is 2.37 bits per heavy atom. The maximum atomic E-state index is 12.4. The highest BCUT2D eigenvalue weighted by molar-refractivity contribution is 6.11. The lowest BCUT2D eigenvalue weighted by molar-refractivity contribution is -0.277. The van der Waals surface area contributed by atoms with Crippen molar-refractivity contribution in [2.75, 3.05) is 13.7 Å². The van der Waals surface area contributed by atoms with Gasteiger partial charge < -0.3 is 48.6 Å². The molecule has 5 atom stereocenters. The van der Waals surface area contributed by atoms with Gasteiger partial charge in [-0.05, 0) is 24.3 Å². The van der Waals surface area contributed by atoms with Gasteiger partial charge >= 0.3 is 0 Å². The van der Waals surface area contributed by atoms with Gasteiger partial charge in [0.1, 0.15) is 35.6 Å². The fourth-order valence-electron chi connectivity index (χ4n) is 4.38. The molecule has 1 aliphatic rings. The van der Waals surface area contributed by atoms with Crippen LogP contribution in [-0.4, -0.2) is 75.7 Å². The van der Waals surface area contributed by atoms with E-state index in [2.05, 4.69) is 0 Å². The van der Waals surface area contributed by atoms with Gasteiger partial charge in [-0.1, -0.05) is 0 Å². The summed E-state index contributed by atoms with van der Waals surface area (Å²) < 4.78 is 28.5. The third kappa shape index (κ3) is 4.27. The maximum absolute atomic E-state index is 12.4. The first kappa shape index (κ1) is 25.7. The molecule has 1 fully saturated rings. The van der Waals surface area contributed by atoms with E-state index in [0.29, 0.717) is 5.56 Å². The molecule has 0 spiro atoms. The van der Waals surface area contributed by atoms with E-state index in [9.17, 15) is 35.1 Å². The van der Waals surface area contributed by atoms with Gasteiger partial charge in [-0.3, -0.25) is 9.59 Å². The van der Waals surface area contributed by atoms with E-state index in [1.54, 1.807) is 0 Å². The summed E-state index contributed by atoms with van der Waals surface area (Å²) in [6.07, 6.45) is -7.95. The topological polar surface area (TPSA) is 189 Å². The number of phenols is 1. The minimum absolute atomic E-state index is 0.0136. The lowest BCUT2D eigenvalue weighted by atomic mass is 9.99. The Hall–Kier alpha value is -3.94. The lowest BCUT2D eigenvalue weighted by Gasteiger charge is -2.39. The molecule has 200 valence electrons. The molecule has 5 N–H and O–H groups in total. The van der Waals surface area contributed by atoms with Crippen LogP contribution in [0.3, 0.4) is 0 Å². The number of rotatable bonds is 6. The molecule has 1 aliphatic heterocycles. The SMILES string of the molecule is COc1cc(-c2oc3cc(=O)cc4oc(C(C)=O)cc(c2O[C@@H]2O[C@H](CO)[C@@H](O)[C@H](O)[C@H]2O)c43)ccc1O. The van der Waals surface area contributed by atoms with Gasteiger partial charge in [-0.25, -0.2) is 0 Å². The van der Waals surface area contributed by atoms with Crippen molar-refractivity contribution < 1.29 is 53.4 Å². The summed E-state index contributed by atoms with van der Waals surface area (Å²) in [7, 11) is 1.35. The molecular formula is C26H24O12. The van der Waals surface area contributed by atoms with Crippen LogP contribution in [-0.2, 0) is 4.74 Å². The van der Waals surface area contributed by atoms with Gasteiger partial charge in [0.25, 0.3) is 0 Å². The molecule has 12 nitrogen and oxygen atoms in total. The molecule has 12 heteroatoms.